The Morgan fingerprint density at radius 2 is 1.94 bits per heavy atom. The molecule has 1 fully saturated rings. The number of para-hydroxylation sites is 1. The van der Waals surface area contributed by atoms with E-state index in [1.54, 1.807) is 6.08 Å². The number of aromatic nitrogens is 1. The number of amides is 1. The molecule has 0 radical (unpaired) electrons. The van der Waals surface area contributed by atoms with Crippen LogP contribution in [-0.4, -0.2) is 60.2 Å². The van der Waals surface area contributed by atoms with E-state index >= 15 is 0 Å². The second kappa shape index (κ2) is 10.1. The van der Waals surface area contributed by atoms with Gasteiger partial charge in [0.15, 0.2) is 6.29 Å². The van der Waals surface area contributed by atoms with Gasteiger partial charge in [-0.2, -0.15) is 0 Å². The molecule has 3 rings (SSSR count). The molecular formula is C24H30N2O6. The maximum Gasteiger partial charge on any atom is 0.329 e. The van der Waals surface area contributed by atoms with Crippen LogP contribution in [0.5, 0.6) is 0 Å². The molecule has 1 atom stereocenters. The zero-order valence-electron chi connectivity index (χ0n) is 18.9. The van der Waals surface area contributed by atoms with Crippen molar-refractivity contribution >= 4 is 28.6 Å². The molecule has 0 unspecified atom stereocenters. The van der Waals surface area contributed by atoms with Crippen molar-refractivity contribution in [2.75, 3.05) is 20.3 Å². The summed E-state index contributed by atoms with van der Waals surface area (Å²) >= 11 is 0. The molecule has 1 aliphatic rings. The summed E-state index contributed by atoms with van der Waals surface area (Å²) in [5.41, 5.74) is 1.69. The lowest BCUT2D eigenvalue weighted by atomic mass is 9.96. The zero-order valence-corrected chi connectivity index (χ0v) is 18.9. The van der Waals surface area contributed by atoms with Crippen molar-refractivity contribution in [2.24, 2.45) is 5.41 Å². The van der Waals surface area contributed by atoms with Crippen LogP contribution in [0.2, 0.25) is 0 Å². The lowest BCUT2D eigenvalue weighted by Gasteiger charge is -2.34. The first-order valence-electron chi connectivity index (χ1n) is 10.5. The van der Waals surface area contributed by atoms with Crippen LogP contribution < -0.4 is 0 Å². The normalized spacial score (nSPS) is 17.4. The fraction of sp³-hybridized carbons (Fsp3) is 0.458. The molecule has 8 heteroatoms. The summed E-state index contributed by atoms with van der Waals surface area (Å²) in [4.78, 5) is 41.7. The SMILES string of the molecule is COC(=O)[C@H](Cc1c[nH]c2ccccc12)N(/C=C/C1OCC(C)(C)CO1)C(=O)CC(C)=O. The van der Waals surface area contributed by atoms with Gasteiger partial charge in [-0.3, -0.25) is 9.59 Å². The number of nitrogens with zero attached hydrogens (tertiary/aromatic N) is 1. The van der Waals surface area contributed by atoms with Crippen LogP contribution in [0.3, 0.4) is 0 Å². The number of ether oxygens (including phenoxy) is 3. The number of rotatable bonds is 8. The van der Waals surface area contributed by atoms with Crippen LogP contribution in [0.1, 0.15) is 32.8 Å². The largest absolute Gasteiger partial charge is 0.467 e. The zero-order chi connectivity index (χ0) is 23.3. The molecule has 2 heterocycles. The molecule has 1 aromatic carbocycles. The summed E-state index contributed by atoms with van der Waals surface area (Å²) in [6, 6.07) is 6.74. The number of carbonyl (C=O) groups is 3. The number of esters is 1. The number of methoxy groups -OCH3 is 1. The predicted octanol–water partition coefficient (Wildman–Crippen LogP) is 2.97. The van der Waals surface area contributed by atoms with Gasteiger partial charge in [-0.05, 0) is 24.6 Å². The van der Waals surface area contributed by atoms with Crippen molar-refractivity contribution in [3.8, 4) is 0 Å². The third-order valence-corrected chi connectivity index (χ3v) is 5.27. The third kappa shape index (κ3) is 5.83. The first kappa shape index (κ1) is 23.7. The van der Waals surface area contributed by atoms with Crippen LogP contribution in [0.4, 0.5) is 0 Å². The highest BCUT2D eigenvalue weighted by molar-refractivity contribution is 5.99. The number of aromatic amines is 1. The lowest BCUT2D eigenvalue weighted by Crippen LogP contribution is -2.44. The van der Waals surface area contributed by atoms with E-state index in [9.17, 15) is 14.4 Å². The Morgan fingerprint density at radius 1 is 1.25 bits per heavy atom. The van der Waals surface area contributed by atoms with Gasteiger partial charge in [-0.25, -0.2) is 4.79 Å². The van der Waals surface area contributed by atoms with Crippen LogP contribution in [0, 0.1) is 5.41 Å². The molecule has 1 N–H and O–H groups in total. The Morgan fingerprint density at radius 3 is 2.59 bits per heavy atom. The first-order valence-corrected chi connectivity index (χ1v) is 10.5. The summed E-state index contributed by atoms with van der Waals surface area (Å²) in [5, 5.41) is 0.950. The second-order valence-corrected chi connectivity index (χ2v) is 8.78. The number of hydrogen-bond acceptors (Lipinski definition) is 6. The molecule has 172 valence electrons. The minimum absolute atomic E-state index is 0.0988. The standard InChI is InChI=1S/C24H30N2O6/c1-16(27)11-21(28)26(10-9-22-31-14-24(2,3)15-32-22)20(23(29)30-4)12-17-13-25-19-8-6-5-7-18(17)19/h5-10,13,20,22,25H,11-12,14-15H2,1-4H3/b10-9+/t20-/m0/s1. The molecular weight excluding hydrogens is 412 g/mol. The van der Waals surface area contributed by atoms with E-state index in [1.165, 1.54) is 25.1 Å². The van der Waals surface area contributed by atoms with Gasteiger partial charge < -0.3 is 24.1 Å². The molecule has 32 heavy (non-hydrogen) atoms. The monoisotopic (exact) mass is 442 g/mol. The van der Waals surface area contributed by atoms with E-state index in [1.807, 2.05) is 44.3 Å². The number of nitrogens with one attached hydrogen (secondary N) is 1. The van der Waals surface area contributed by atoms with Crippen molar-refractivity contribution < 1.29 is 28.6 Å². The minimum Gasteiger partial charge on any atom is -0.467 e. The number of hydrogen-bond donors (Lipinski definition) is 1. The van der Waals surface area contributed by atoms with Gasteiger partial charge in [-0.1, -0.05) is 32.0 Å². The molecule has 8 nitrogen and oxygen atoms in total. The highest BCUT2D eigenvalue weighted by Gasteiger charge is 2.32. The maximum absolute atomic E-state index is 12.9. The van der Waals surface area contributed by atoms with Gasteiger partial charge in [0.25, 0.3) is 0 Å². The summed E-state index contributed by atoms with van der Waals surface area (Å²) in [6.07, 6.45) is 4.09. The lowest BCUT2D eigenvalue weighted by molar-refractivity contribution is -0.198. The third-order valence-electron chi connectivity index (χ3n) is 5.27. The van der Waals surface area contributed by atoms with E-state index in [2.05, 4.69) is 4.98 Å². The van der Waals surface area contributed by atoms with Gasteiger partial charge in [0.05, 0.1) is 26.7 Å². The second-order valence-electron chi connectivity index (χ2n) is 8.78. The van der Waals surface area contributed by atoms with Crippen molar-refractivity contribution in [1.29, 1.82) is 0 Å². The summed E-state index contributed by atoms with van der Waals surface area (Å²) in [5.74, 6) is -1.38. The minimum atomic E-state index is -0.956. The molecule has 1 aliphatic heterocycles. The van der Waals surface area contributed by atoms with E-state index in [0.717, 1.165) is 16.5 Å². The molecule has 2 aromatic rings. The predicted molar refractivity (Wildman–Crippen MR) is 119 cm³/mol. The van der Waals surface area contributed by atoms with Crippen LogP contribution >= 0.6 is 0 Å². The van der Waals surface area contributed by atoms with Crippen molar-refractivity contribution in [2.45, 2.75) is 45.9 Å². The smallest absolute Gasteiger partial charge is 0.329 e. The topological polar surface area (TPSA) is 97.9 Å². The number of carbonyl (C=O) groups excluding carboxylic acids is 3. The number of H-pyrrole nitrogens is 1. The molecule has 0 spiro atoms. The van der Waals surface area contributed by atoms with Gasteiger partial charge in [0.2, 0.25) is 5.91 Å². The van der Waals surface area contributed by atoms with Crippen molar-refractivity contribution in [3.63, 3.8) is 0 Å². The highest BCUT2D eigenvalue weighted by atomic mass is 16.7. The maximum atomic E-state index is 12.9. The first-order chi connectivity index (χ1) is 15.2. The van der Waals surface area contributed by atoms with Crippen molar-refractivity contribution in [1.82, 2.24) is 9.88 Å². The Labute approximate surface area is 187 Å². The molecule has 0 saturated carbocycles. The van der Waals surface area contributed by atoms with Crippen LogP contribution in [0.15, 0.2) is 42.7 Å². The number of Topliss-reactive ketones (excluding diaryl/α,β-unsaturated/α-hetero) is 1. The Hall–Kier alpha value is -2.97. The average molecular weight is 443 g/mol. The summed E-state index contributed by atoms with van der Waals surface area (Å²) in [7, 11) is 1.28. The Balaban J connectivity index is 1.89. The van der Waals surface area contributed by atoms with Crippen LogP contribution in [0.25, 0.3) is 10.9 Å². The van der Waals surface area contributed by atoms with Gasteiger partial charge in [-0.15, -0.1) is 0 Å². The summed E-state index contributed by atoms with van der Waals surface area (Å²) < 4.78 is 16.4. The van der Waals surface area contributed by atoms with E-state index < -0.39 is 24.2 Å². The Kier molecular flexibility index (Phi) is 7.48. The fourth-order valence-electron chi connectivity index (χ4n) is 3.58. The Bertz CT molecular complexity index is 999. The molecule has 0 bridgehead atoms. The van der Waals surface area contributed by atoms with Gasteiger partial charge in [0.1, 0.15) is 11.8 Å². The number of ketones is 1. The molecule has 1 amide bonds. The van der Waals surface area contributed by atoms with E-state index in [-0.39, 0.29) is 24.0 Å². The molecule has 1 saturated heterocycles. The fourth-order valence-corrected chi connectivity index (χ4v) is 3.58. The highest BCUT2D eigenvalue weighted by Crippen LogP contribution is 2.25. The summed E-state index contributed by atoms with van der Waals surface area (Å²) in [6.45, 7) is 6.40. The van der Waals surface area contributed by atoms with E-state index in [4.69, 9.17) is 14.2 Å². The van der Waals surface area contributed by atoms with Crippen LogP contribution in [-0.2, 0) is 35.0 Å². The van der Waals surface area contributed by atoms with E-state index in [0.29, 0.717) is 13.2 Å². The van der Waals surface area contributed by atoms with Gasteiger partial charge >= 0.3 is 5.97 Å². The quantitative estimate of drug-likeness (QED) is 0.499. The molecule has 1 aromatic heterocycles. The number of benzene rings is 1. The number of fused-ring (bicyclic) bond motifs is 1. The van der Waals surface area contributed by atoms with Gasteiger partial charge in [0, 0.05) is 35.1 Å². The molecule has 0 aliphatic carbocycles. The average Bonchev–Trinajstić information content (AvgIpc) is 3.16. The van der Waals surface area contributed by atoms with Crippen molar-refractivity contribution in [3.05, 3.63) is 48.3 Å².